The molecule has 0 aromatic heterocycles. The zero-order valence-electron chi connectivity index (χ0n) is 6.16. The smallest absolute Gasteiger partial charge is 0.276 e. The van der Waals surface area contributed by atoms with Gasteiger partial charge >= 0.3 is 0 Å². The molecule has 1 unspecified atom stereocenters. The number of ether oxygens (including phenoxy) is 1. The number of hydrogen-bond acceptors (Lipinski definition) is 3. The molecule has 2 N–H and O–H groups in total. The van der Waals surface area contributed by atoms with Gasteiger partial charge in [0, 0.05) is 6.42 Å². The maximum atomic E-state index is 12.1. The molecule has 1 aliphatic carbocycles. The summed E-state index contributed by atoms with van der Waals surface area (Å²) in [6.07, 6.45) is -1.43. The largest absolute Gasteiger partial charge is 0.371 e. The maximum absolute atomic E-state index is 12.1. The van der Waals surface area contributed by atoms with Crippen molar-refractivity contribution in [1.29, 1.82) is 0 Å². The summed E-state index contributed by atoms with van der Waals surface area (Å²) in [6.45, 7) is -0.265. The van der Waals surface area contributed by atoms with E-state index in [1.165, 1.54) is 0 Å². The summed E-state index contributed by atoms with van der Waals surface area (Å²) in [5, 5.41) is 4.61. The molecular formula is C5H9F2NO3S. The lowest BCUT2D eigenvalue weighted by molar-refractivity contribution is 0.0186. The van der Waals surface area contributed by atoms with Crippen LogP contribution in [0.5, 0.6) is 0 Å². The molecule has 1 rings (SSSR count). The predicted octanol–water partition coefficient (Wildman–Crippen LogP) is -0.301. The first kappa shape index (κ1) is 9.82. The Balaban J connectivity index is 2.14. The van der Waals surface area contributed by atoms with Crippen LogP contribution in [-0.2, 0) is 14.8 Å². The van der Waals surface area contributed by atoms with E-state index >= 15 is 0 Å². The summed E-state index contributed by atoms with van der Waals surface area (Å²) >= 11 is 0. The van der Waals surface area contributed by atoms with Crippen molar-refractivity contribution < 1.29 is 21.9 Å². The van der Waals surface area contributed by atoms with E-state index in [4.69, 9.17) is 0 Å². The van der Waals surface area contributed by atoms with Crippen molar-refractivity contribution in [2.24, 2.45) is 5.14 Å². The van der Waals surface area contributed by atoms with Gasteiger partial charge in [-0.15, -0.1) is 0 Å². The van der Waals surface area contributed by atoms with Gasteiger partial charge < -0.3 is 4.74 Å². The number of rotatable bonds is 4. The molecule has 0 spiro atoms. The van der Waals surface area contributed by atoms with E-state index in [0.717, 1.165) is 0 Å². The Kier molecular flexibility index (Phi) is 2.37. The van der Waals surface area contributed by atoms with E-state index in [1.54, 1.807) is 0 Å². The first-order valence-corrected chi connectivity index (χ1v) is 5.03. The van der Waals surface area contributed by atoms with Gasteiger partial charge in [0.1, 0.15) is 6.10 Å². The Morgan fingerprint density at radius 1 is 1.58 bits per heavy atom. The van der Waals surface area contributed by atoms with Crippen molar-refractivity contribution in [2.75, 3.05) is 12.4 Å². The second kappa shape index (κ2) is 2.90. The Hall–Kier alpha value is -0.270. The summed E-state index contributed by atoms with van der Waals surface area (Å²) in [7, 11) is -3.60. The van der Waals surface area contributed by atoms with Crippen molar-refractivity contribution >= 4 is 10.0 Å². The minimum absolute atomic E-state index is 0.265. The summed E-state index contributed by atoms with van der Waals surface area (Å²) in [4.78, 5) is 0. The fourth-order valence-corrected chi connectivity index (χ4v) is 1.00. The third-order valence-electron chi connectivity index (χ3n) is 1.46. The summed E-state index contributed by atoms with van der Waals surface area (Å²) in [6, 6.07) is 0. The van der Waals surface area contributed by atoms with E-state index in [1.807, 2.05) is 0 Å². The molecule has 12 heavy (non-hydrogen) atoms. The Bertz CT molecular complexity index is 264. The van der Waals surface area contributed by atoms with E-state index in [2.05, 4.69) is 9.88 Å². The second-order valence-corrected chi connectivity index (χ2v) is 4.43. The molecule has 1 saturated carbocycles. The van der Waals surface area contributed by atoms with Gasteiger partial charge in [-0.05, 0) is 0 Å². The third kappa shape index (κ3) is 3.00. The lowest BCUT2D eigenvalue weighted by Crippen LogP contribution is -2.21. The van der Waals surface area contributed by atoms with Gasteiger partial charge in [-0.1, -0.05) is 0 Å². The van der Waals surface area contributed by atoms with Crippen molar-refractivity contribution in [1.82, 2.24) is 0 Å². The second-order valence-electron chi connectivity index (χ2n) is 2.69. The fourth-order valence-electron chi connectivity index (χ4n) is 0.676. The van der Waals surface area contributed by atoms with Crippen LogP contribution < -0.4 is 5.14 Å². The zero-order chi connectivity index (χ0) is 9.41. The van der Waals surface area contributed by atoms with E-state index in [9.17, 15) is 17.2 Å². The molecule has 0 bridgehead atoms. The van der Waals surface area contributed by atoms with Crippen molar-refractivity contribution in [3.63, 3.8) is 0 Å². The van der Waals surface area contributed by atoms with Crippen molar-refractivity contribution in [3.05, 3.63) is 0 Å². The van der Waals surface area contributed by atoms with Gasteiger partial charge in [0.05, 0.1) is 12.4 Å². The molecule has 0 aliphatic heterocycles. The van der Waals surface area contributed by atoms with Crippen LogP contribution in [0.25, 0.3) is 0 Å². The highest BCUT2D eigenvalue weighted by Gasteiger charge is 2.58. The normalized spacial score (nSPS) is 27.1. The van der Waals surface area contributed by atoms with E-state index in [0.29, 0.717) is 0 Å². The van der Waals surface area contributed by atoms with Crippen LogP contribution in [-0.4, -0.2) is 32.8 Å². The van der Waals surface area contributed by atoms with Crippen LogP contribution in [0.3, 0.4) is 0 Å². The SMILES string of the molecule is NS(=O)(=O)CCOC1CC1(F)F. The number of nitrogens with two attached hydrogens (primary N) is 1. The number of halogens is 2. The van der Waals surface area contributed by atoms with Gasteiger partial charge in [0.15, 0.2) is 0 Å². The lowest BCUT2D eigenvalue weighted by atomic mass is 10.7. The Labute approximate surface area is 68.7 Å². The summed E-state index contributed by atoms with van der Waals surface area (Å²) in [5.74, 6) is -3.18. The first-order valence-electron chi connectivity index (χ1n) is 3.31. The van der Waals surface area contributed by atoms with E-state index < -0.39 is 27.8 Å². The fraction of sp³-hybridized carbons (Fsp3) is 1.00. The molecule has 4 nitrogen and oxygen atoms in total. The molecule has 0 saturated heterocycles. The quantitative estimate of drug-likeness (QED) is 0.678. The molecule has 0 radical (unpaired) electrons. The lowest BCUT2D eigenvalue weighted by Gasteiger charge is -2.00. The Morgan fingerprint density at radius 2 is 2.08 bits per heavy atom. The summed E-state index contributed by atoms with van der Waals surface area (Å²) < 4.78 is 49.4. The molecular weight excluding hydrogens is 192 g/mol. The molecule has 1 atom stereocenters. The molecule has 1 fully saturated rings. The monoisotopic (exact) mass is 201 g/mol. The van der Waals surface area contributed by atoms with Crippen LogP contribution in [0.2, 0.25) is 0 Å². The third-order valence-corrected chi connectivity index (χ3v) is 2.19. The maximum Gasteiger partial charge on any atom is 0.276 e. The number of primary sulfonamides is 1. The van der Waals surface area contributed by atoms with Crippen LogP contribution in [0.4, 0.5) is 8.78 Å². The van der Waals surface area contributed by atoms with Gasteiger partial charge in [0.25, 0.3) is 5.92 Å². The highest BCUT2D eigenvalue weighted by molar-refractivity contribution is 7.89. The molecule has 7 heteroatoms. The predicted molar refractivity (Wildman–Crippen MR) is 37.3 cm³/mol. The topological polar surface area (TPSA) is 69.4 Å². The number of sulfonamides is 1. The van der Waals surface area contributed by atoms with Crippen LogP contribution in [0, 0.1) is 0 Å². The van der Waals surface area contributed by atoms with Gasteiger partial charge in [-0.2, -0.15) is 0 Å². The molecule has 0 aromatic carbocycles. The van der Waals surface area contributed by atoms with Crippen molar-refractivity contribution in [3.8, 4) is 0 Å². The van der Waals surface area contributed by atoms with E-state index in [-0.39, 0.29) is 13.0 Å². The van der Waals surface area contributed by atoms with Gasteiger partial charge in [-0.3, -0.25) is 0 Å². The minimum atomic E-state index is -3.60. The molecule has 0 heterocycles. The minimum Gasteiger partial charge on any atom is -0.371 e. The first-order chi connectivity index (χ1) is 5.31. The standard InChI is InChI=1S/C5H9F2NO3S/c6-5(7)3-4(5)11-1-2-12(8,9)10/h4H,1-3H2,(H2,8,9,10). The van der Waals surface area contributed by atoms with Gasteiger partial charge in [0.2, 0.25) is 10.0 Å². The van der Waals surface area contributed by atoms with Crippen LogP contribution >= 0.6 is 0 Å². The number of alkyl halides is 2. The highest BCUT2D eigenvalue weighted by Crippen LogP contribution is 2.44. The van der Waals surface area contributed by atoms with Crippen molar-refractivity contribution in [2.45, 2.75) is 18.4 Å². The zero-order valence-corrected chi connectivity index (χ0v) is 6.98. The average molecular weight is 201 g/mol. The summed E-state index contributed by atoms with van der Waals surface area (Å²) in [5.41, 5.74) is 0. The van der Waals surface area contributed by atoms with Crippen LogP contribution in [0.1, 0.15) is 6.42 Å². The molecule has 0 amide bonds. The van der Waals surface area contributed by atoms with Crippen LogP contribution in [0.15, 0.2) is 0 Å². The molecule has 72 valence electrons. The number of hydrogen-bond donors (Lipinski definition) is 1. The average Bonchev–Trinajstić information content (AvgIpc) is 2.36. The molecule has 1 aliphatic rings. The highest BCUT2D eigenvalue weighted by atomic mass is 32.2. The molecule has 0 aromatic rings. The Morgan fingerprint density at radius 3 is 2.42 bits per heavy atom. The van der Waals surface area contributed by atoms with Gasteiger partial charge in [-0.25, -0.2) is 22.3 Å².